The number of hydrogen-bond acceptors (Lipinski definition) is 3. The highest BCUT2D eigenvalue weighted by Gasteiger charge is 2.34. The molecule has 5 nitrogen and oxygen atoms in total. The quantitative estimate of drug-likeness (QED) is 0.724. The molecule has 1 aliphatic rings. The molecule has 9 heteroatoms. The predicted molar refractivity (Wildman–Crippen MR) is 73.8 cm³/mol. The van der Waals surface area contributed by atoms with Crippen LogP contribution < -0.4 is 15.4 Å². The fraction of sp³-hybridized carbons (Fsp3) is 0.500. The smallest absolute Gasteiger partial charge is 0.422 e. The standard InChI is InChI=1S/C14H16F4N2O3/c15-9-2-3-10(11(6-9)23-8-14(16,17)18)20-12(21)19-7-13(22)4-1-5-13/h2-3,6,22H,1,4-5,7-8H2,(H2,19,20,21). The topological polar surface area (TPSA) is 70.6 Å². The van der Waals surface area contributed by atoms with Gasteiger partial charge >= 0.3 is 12.2 Å². The van der Waals surface area contributed by atoms with Crippen LogP contribution in [0, 0.1) is 5.82 Å². The second kappa shape index (κ2) is 6.61. The van der Waals surface area contributed by atoms with Crippen molar-refractivity contribution in [3.8, 4) is 5.75 Å². The Bertz CT molecular complexity index is 574. The number of halogens is 4. The lowest BCUT2D eigenvalue weighted by atomic mass is 9.80. The fourth-order valence-corrected chi connectivity index (χ4v) is 2.05. The third kappa shape index (κ3) is 5.27. The number of benzene rings is 1. The van der Waals surface area contributed by atoms with Crippen LogP contribution in [0.15, 0.2) is 18.2 Å². The van der Waals surface area contributed by atoms with Crippen molar-refractivity contribution < 1.29 is 32.2 Å². The van der Waals surface area contributed by atoms with Crippen molar-refractivity contribution >= 4 is 11.7 Å². The summed E-state index contributed by atoms with van der Waals surface area (Å²) in [4.78, 5) is 11.7. The number of carbonyl (C=O) groups is 1. The molecule has 1 fully saturated rings. The number of nitrogens with one attached hydrogen (secondary N) is 2. The Morgan fingerprint density at radius 3 is 2.61 bits per heavy atom. The van der Waals surface area contributed by atoms with Crippen LogP contribution in [0.5, 0.6) is 5.75 Å². The molecule has 1 saturated carbocycles. The first-order valence-electron chi connectivity index (χ1n) is 6.93. The molecule has 0 saturated heterocycles. The van der Waals surface area contributed by atoms with Gasteiger partial charge in [-0.3, -0.25) is 0 Å². The van der Waals surface area contributed by atoms with Gasteiger partial charge in [-0.1, -0.05) is 0 Å². The third-order valence-corrected chi connectivity index (χ3v) is 3.45. The summed E-state index contributed by atoms with van der Waals surface area (Å²) < 4.78 is 54.2. The zero-order chi connectivity index (χ0) is 17.1. The van der Waals surface area contributed by atoms with Gasteiger partial charge in [0, 0.05) is 12.6 Å². The summed E-state index contributed by atoms with van der Waals surface area (Å²) >= 11 is 0. The summed E-state index contributed by atoms with van der Waals surface area (Å²) in [6.07, 6.45) is -2.57. The molecule has 23 heavy (non-hydrogen) atoms. The van der Waals surface area contributed by atoms with Crippen molar-refractivity contribution in [2.75, 3.05) is 18.5 Å². The van der Waals surface area contributed by atoms with Crippen molar-refractivity contribution in [1.29, 1.82) is 0 Å². The molecule has 0 aliphatic heterocycles. The molecule has 1 aliphatic carbocycles. The van der Waals surface area contributed by atoms with Crippen LogP contribution in [0.2, 0.25) is 0 Å². The van der Waals surface area contributed by atoms with E-state index in [0.717, 1.165) is 24.6 Å². The molecule has 0 radical (unpaired) electrons. The summed E-state index contributed by atoms with van der Waals surface area (Å²) in [6, 6.07) is 2.10. The molecule has 2 amide bonds. The van der Waals surface area contributed by atoms with Crippen LogP contribution in [0.3, 0.4) is 0 Å². The molecule has 1 aromatic carbocycles. The van der Waals surface area contributed by atoms with Gasteiger partial charge in [-0.15, -0.1) is 0 Å². The predicted octanol–water partition coefficient (Wildman–Crippen LogP) is 2.80. The molecule has 0 unspecified atom stereocenters. The number of amides is 2. The van der Waals surface area contributed by atoms with Gasteiger partial charge in [-0.25, -0.2) is 9.18 Å². The van der Waals surface area contributed by atoms with Crippen molar-refractivity contribution in [2.24, 2.45) is 0 Å². The molecule has 0 heterocycles. The average molecular weight is 336 g/mol. The first-order chi connectivity index (χ1) is 10.7. The van der Waals surface area contributed by atoms with E-state index in [1.54, 1.807) is 0 Å². The Morgan fingerprint density at radius 2 is 2.04 bits per heavy atom. The number of urea groups is 1. The van der Waals surface area contributed by atoms with Gasteiger partial charge in [0.15, 0.2) is 6.61 Å². The van der Waals surface area contributed by atoms with Crippen LogP contribution in [-0.4, -0.2) is 36.1 Å². The molecule has 128 valence electrons. The lowest BCUT2D eigenvalue weighted by Gasteiger charge is -2.36. The van der Waals surface area contributed by atoms with E-state index in [1.165, 1.54) is 0 Å². The molecule has 3 N–H and O–H groups in total. The van der Waals surface area contributed by atoms with Crippen molar-refractivity contribution in [3.63, 3.8) is 0 Å². The molecule has 1 aromatic rings. The maximum atomic E-state index is 13.1. The van der Waals surface area contributed by atoms with Gasteiger partial charge in [0.25, 0.3) is 0 Å². The second-order valence-corrected chi connectivity index (χ2v) is 5.43. The lowest BCUT2D eigenvalue weighted by molar-refractivity contribution is -0.153. The van der Waals surface area contributed by atoms with Gasteiger partial charge in [-0.05, 0) is 31.4 Å². The summed E-state index contributed by atoms with van der Waals surface area (Å²) in [7, 11) is 0. The average Bonchev–Trinajstić information content (AvgIpc) is 2.42. The SMILES string of the molecule is O=C(NCC1(O)CCC1)Nc1ccc(F)cc1OCC(F)(F)F. The number of carbonyl (C=O) groups excluding carboxylic acids is 1. The highest BCUT2D eigenvalue weighted by Crippen LogP contribution is 2.31. The summed E-state index contributed by atoms with van der Waals surface area (Å²) in [5.74, 6) is -1.23. The molecule has 0 spiro atoms. The van der Waals surface area contributed by atoms with E-state index in [-0.39, 0.29) is 12.2 Å². The number of anilines is 1. The lowest BCUT2D eigenvalue weighted by Crippen LogP contribution is -2.48. The van der Waals surface area contributed by atoms with Crippen LogP contribution in [0.25, 0.3) is 0 Å². The normalized spacial score (nSPS) is 16.4. The van der Waals surface area contributed by atoms with Crippen LogP contribution >= 0.6 is 0 Å². The Labute approximate surface area is 129 Å². The number of aliphatic hydroxyl groups is 1. The molecule has 0 aromatic heterocycles. The van der Waals surface area contributed by atoms with E-state index in [2.05, 4.69) is 15.4 Å². The summed E-state index contributed by atoms with van der Waals surface area (Å²) in [5, 5.41) is 14.5. The van der Waals surface area contributed by atoms with E-state index in [1.807, 2.05) is 0 Å². The number of ether oxygens (including phenoxy) is 1. The van der Waals surface area contributed by atoms with E-state index in [4.69, 9.17) is 0 Å². The van der Waals surface area contributed by atoms with Crippen LogP contribution in [-0.2, 0) is 0 Å². The molecule has 0 bridgehead atoms. The minimum Gasteiger partial charge on any atom is -0.482 e. The molecule has 0 atom stereocenters. The molecule has 2 rings (SSSR count). The largest absolute Gasteiger partial charge is 0.482 e. The van der Waals surface area contributed by atoms with E-state index < -0.39 is 36.0 Å². The molecular formula is C14H16F4N2O3. The number of rotatable bonds is 5. The monoisotopic (exact) mass is 336 g/mol. The Morgan fingerprint density at radius 1 is 1.35 bits per heavy atom. The number of hydrogen-bond donors (Lipinski definition) is 3. The van der Waals surface area contributed by atoms with Gasteiger partial charge in [0.05, 0.1) is 11.3 Å². The van der Waals surface area contributed by atoms with Crippen molar-refractivity contribution in [3.05, 3.63) is 24.0 Å². The van der Waals surface area contributed by atoms with Gasteiger partial charge in [0.2, 0.25) is 0 Å². The molecular weight excluding hydrogens is 320 g/mol. The third-order valence-electron chi connectivity index (χ3n) is 3.45. The zero-order valence-corrected chi connectivity index (χ0v) is 12.0. The highest BCUT2D eigenvalue weighted by molar-refractivity contribution is 5.90. The van der Waals surface area contributed by atoms with Gasteiger partial charge < -0.3 is 20.5 Å². The van der Waals surface area contributed by atoms with Crippen LogP contribution in [0.4, 0.5) is 28.0 Å². The highest BCUT2D eigenvalue weighted by atomic mass is 19.4. The van der Waals surface area contributed by atoms with Gasteiger partial charge in [0.1, 0.15) is 11.6 Å². The second-order valence-electron chi connectivity index (χ2n) is 5.43. The van der Waals surface area contributed by atoms with Crippen molar-refractivity contribution in [1.82, 2.24) is 5.32 Å². The Hall–Kier alpha value is -2.03. The van der Waals surface area contributed by atoms with Crippen molar-refractivity contribution in [2.45, 2.75) is 31.0 Å². The fourth-order valence-electron chi connectivity index (χ4n) is 2.05. The summed E-state index contributed by atoms with van der Waals surface area (Å²) in [6.45, 7) is -1.58. The van der Waals surface area contributed by atoms with Gasteiger partial charge in [-0.2, -0.15) is 13.2 Å². The zero-order valence-electron chi connectivity index (χ0n) is 12.0. The minimum absolute atomic E-state index is 0.0266. The minimum atomic E-state index is -4.58. The summed E-state index contributed by atoms with van der Waals surface area (Å²) in [5.41, 5.74) is -1.04. The van der Waals surface area contributed by atoms with Crippen LogP contribution in [0.1, 0.15) is 19.3 Å². The Kier molecular flexibility index (Phi) is 4.98. The van der Waals surface area contributed by atoms with E-state index in [0.29, 0.717) is 12.8 Å². The Balaban J connectivity index is 1.96. The maximum Gasteiger partial charge on any atom is 0.422 e. The van der Waals surface area contributed by atoms with E-state index in [9.17, 15) is 27.5 Å². The number of alkyl halides is 3. The first kappa shape index (κ1) is 17.3. The maximum absolute atomic E-state index is 13.1. The van der Waals surface area contributed by atoms with E-state index >= 15 is 0 Å². The first-order valence-corrected chi connectivity index (χ1v) is 6.93.